The molecule has 21 heavy (non-hydrogen) atoms. The lowest BCUT2D eigenvalue weighted by atomic mass is 10.1. The van der Waals surface area contributed by atoms with E-state index in [-0.39, 0.29) is 0 Å². The Morgan fingerprint density at radius 1 is 0.762 bits per heavy atom. The van der Waals surface area contributed by atoms with Crippen molar-refractivity contribution in [3.8, 4) is 0 Å². The van der Waals surface area contributed by atoms with E-state index >= 15 is 0 Å². The number of unbranched alkanes of at least 4 members (excludes halogenated alkanes) is 9. The van der Waals surface area contributed by atoms with Gasteiger partial charge in [0.15, 0.2) is 0 Å². The van der Waals surface area contributed by atoms with Gasteiger partial charge in [0.05, 0.1) is 0 Å². The maximum absolute atomic E-state index is 5.87. The second kappa shape index (κ2) is 14.3. The van der Waals surface area contributed by atoms with Crippen molar-refractivity contribution in [1.82, 2.24) is 0 Å². The Balaban J connectivity index is 3.16. The molecule has 3 heteroatoms. The Labute approximate surface area is 144 Å². The van der Waals surface area contributed by atoms with Crippen LogP contribution in [0, 0.1) is 0 Å². The molecule has 0 N–H and O–H groups in total. The quantitative estimate of drug-likeness (QED) is 0.178. The molecule has 0 aromatic carbocycles. The first kappa shape index (κ1) is 21.7. The second-order valence-corrected chi connectivity index (χ2v) is 12.1. The number of alkyl halides is 1. The summed E-state index contributed by atoms with van der Waals surface area (Å²) in [6.07, 6.45) is 13.9. The molecule has 0 aliphatic heterocycles. The molecule has 0 aromatic rings. The topological polar surface area (TPSA) is 9.23 Å². The van der Waals surface area contributed by atoms with Crippen LogP contribution in [0.5, 0.6) is 0 Å². The minimum atomic E-state index is -0.596. The van der Waals surface area contributed by atoms with Gasteiger partial charge >= 0.3 is 0 Å². The zero-order valence-electron chi connectivity index (χ0n) is 15.1. The minimum absolute atomic E-state index is 0.453. The monoisotopic (exact) mass is 378 g/mol. The fraction of sp³-hybridized carbons (Fsp3) is 1.00. The van der Waals surface area contributed by atoms with Gasteiger partial charge in [-0.1, -0.05) is 94.2 Å². The molecule has 0 bridgehead atoms. The largest absolute Gasteiger partial charge is 0.381 e. The van der Waals surface area contributed by atoms with E-state index in [0.717, 1.165) is 13.2 Å². The van der Waals surface area contributed by atoms with Crippen LogP contribution in [0.3, 0.4) is 0 Å². The molecule has 0 saturated carbocycles. The van der Waals surface area contributed by atoms with E-state index in [1.807, 2.05) is 0 Å². The summed E-state index contributed by atoms with van der Waals surface area (Å²) in [5.41, 5.74) is 0. The Kier molecular flexibility index (Phi) is 14.7. The van der Waals surface area contributed by atoms with Crippen LogP contribution in [-0.2, 0) is 4.74 Å². The van der Waals surface area contributed by atoms with Crippen LogP contribution in [0.1, 0.15) is 78.1 Å². The molecule has 0 heterocycles. The van der Waals surface area contributed by atoms with Gasteiger partial charge in [-0.25, -0.2) is 0 Å². The second-order valence-electron chi connectivity index (χ2n) is 7.42. The number of hydrogen-bond acceptors (Lipinski definition) is 1. The Bertz CT molecular complexity index is 219. The highest BCUT2D eigenvalue weighted by Gasteiger charge is 2.23. The molecule has 0 unspecified atom stereocenters. The van der Waals surface area contributed by atoms with Gasteiger partial charge in [0.2, 0.25) is 0 Å². The molecule has 0 radical (unpaired) electrons. The van der Waals surface area contributed by atoms with Gasteiger partial charge < -0.3 is 4.74 Å². The molecule has 0 rings (SSSR count). The number of hydrogen-bond donors (Lipinski definition) is 0. The zero-order valence-corrected chi connectivity index (χ0v) is 17.8. The van der Waals surface area contributed by atoms with Crippen molar-refractivity contribution in [3.63, 3.8) is 0 Å². The average Bonchev–Trinajstić information content (AvgIpc) is 2.43. The van der Waals surface area contributed by atoms with E-state index in [9.17, 15) is 0 Å². The van der Waals surface area contributed by atoms with Gasteiger partial charge in [0, 0.05) is 27.3 Å². The zero-order chi connectivity index (χ0) is 16.0. The fourth-order valence-corrected chi connectivity index (χ4v) is 3.06. The molecular weight excluding hydrogens is 340 g/mol. The standard InChI is InChI=1S/C18H39BrOSi/c1-18(2,21(3)4)17-20-16-14-12-10-8-6-5-7-9-11-13-15-19/h21H,5-17H2,1-4H3. The number of halogens is 1. The van der Waals surface area contributed by atoms with E-state index in [4.69, 9.17) is 4.74 Å². The van der Waals surface area contributed by atoms with Crippen LogP contribution < -0.4 is 0 Å². The third kappa shape index (κ3) is 14.0. The molecule has 0 amide bonds. The van der Waals surface area contributed by atoms with E-state index in [0.29, 0.717) is 5.04 Å². The highest BCUT2D eigenvalue weighted by Crippen LogP contribution is 2.28. The molecule has 128 valence electrons. The van der Waals surface area contributed by atoms with Gasteiger partial charge in [-0.2, -0.15) is 0 Å². The first-order valence-corrected chi connectivity index (χ1v) is 13.1. The van der Waals surface area contributed by atoms with Gasteiger partial charge in [0.25, 0.3) is 0 Å². The van der Waals surface area contributed by atoms with Crippen molar-refractivity contribution >= 4 is 24.7 Å². The van der Waals surface area contributed by atoms with Crippen LogP contribution in [0.4, 0.5) is 0 Å². The molecule has 0 aliphatic carbocycles. The third-order valence-corrected chi connectivity index (χ3v) is 8.56. The summed E-state index contributed by atoms with van der Waals surface area (Å²) >= 11 is 3.49. The van der Waals surface area contributed by atoms with Gasteiger partial charge in [-0.15, -0.1) is 0 Å². The summed E-state index contributed by atoms with van der Waals surface area (Å²) < 4.78 is 5.87. The maximum atomic E-state index is 5.87. The van der Waals surface area contributed by atoms with Crippen LogP contribution in [0.2, 0.25) is 18.1 Å². The Morgan fingerprint density at radius 2 is 1.19 bits per heavy atom. The normalized spacial score (nSPS) is 12.3. The van der Waals surface area contributed by atoms with E-state index in [2.05, 4.69) is 42.9 Å². The molecule has 0 spiro atoms. The molecule has 0 saturated heterocycles. The van der Waals surface area contributed by atoms with Crippen molar-refractivity contribution in [1.29, 1.82) is 0 Å². The van der Waals surface area contributed by atoms with Crippen molar-refractivity contribution < 1.29 is 4.74 Å². The third-order valence-electron chi connectivity index (χ3n) is 4.71. The lowest BCUT2D eigenvalue weighted by Gasteiger charge is -2.27. The van der Waals surface area contributed by atoms with Crippen LogP contribution in [0.25, 0.3) is 0 Å². The predicted octanol–water partition coefficient (Wildman–Crippen LogP) is 6.57. The smallest absolute Gasteiger partial charge is 0.0490 e. The van der Waals surface area contributed by atoms with Crippen molar-refractivity contribution in [3.05, 3.63) is 0 Å². The lowest BCUT2D eigenvalue weighted by molar-refractivity contribution is 0.110. The van der Waals surface area contributed by atoms with Gasteiger partial charge in [0.1, 0.15) is 0 Å². The summed E-state index contributed by atoms with van der Waals surface area (Å²) in [5, 5.41) is 1.63. The molecular formula is C18H39BrOSi. The van der Waals surface area contributed by atoms with Crippen molar-refractivity contribution in [2.45, 2.75) is 96.2 Å². The maximum Gasteiger partial charge on any atom is 0.0490 e. The number of ether oxygens (including phenoxy) is 1. The van der Waals surface area contributed by atoms with Crippen LogP contribution in [-0.4, -0.2) is 27.3 Å². The van der Waals surface area contributed by atoms with E-state index < -0.39 is 8.80 Å². The Morgan fingerprint density at radius 3 is 1.62 bits per heavy atom. The fourth-order valence-electron chi connectivity index (χ4n) is 2.21. The number of rotatable bonds is 15. The molecule has 0 aliphatic rings. The first-order chi connectivity index (χ1) is 10.0. The molecule has 0 atom stereocenters. The molecule has 1 nitrogen and oxygen atoms in total. The summed E-state index contributed by atoms with van der Waals surface area (Å²) in [6.45, 7) is 11.5. The lowest BCUT2D eigenvalue weighted by Crippen LogP contribution is -2.26. The average molecular weight is 379 g/mol. The summed E-state index contributed by atoms with van der Waals surface area (Å²) in [4.78, 5) is 0. The van der Waals surface area contributed by atoms with E-state index in [1.54, 1.807) is 0 Å². The summed E-state index contributed by atoms with van der Waals surface area (Å²) in [7, 11) is -0.596. The first-order valence-electron chi connectivity index (χ1n) is 9.14. The summed E-state index contributed by atoms with van der Waals surface area (Å²) in [6, 6.07) is 0. The predicted molar refractivity (Wildman–Crippen MR) is 104 cm³/mol. The van der Waals surface area contributed by atoms with Gasteiger partial charge in [-0.3, -0.25) is 0 Å². The van der Waals surface area contributed by atoms with Crippen LogP contribution in [0.15, 0.2) is 0 Å². The Hall–Kier alpha value is 0.657. The minimum Gasteiger partial charge on any atom is -0.381 e. The van der Waals surface area contributed by atoms with Crippen molar-refractivity contribution in [2.75, 3.05) is 18.5 Å². The van der Waals surface area contributed by atoms with Crippen LogP contribution >= 0.6 is 15.9 Å². The van der Waals surface area contributed by atoms with Gasteiger partial charge in [-0.05, 0) is 17.9 Å². The van der Waals surface area contributed by atoms with Crippen molar-refractivity contribution in [2.24, 2.45) is 0 Å². The summed E-state index contributed by atoms with van der Waals surface area (Å²) in [5.74, 6) is 0. The highest BCUT2D eigenvalue weighted by molar-refractivity contribution is 9.09. The highest BCUT2D eigenvalue weighted by atomic mass is 79.9. The SMILES string of the molecule is C[SiH](C)C(C)(C)COCCCCCCCCCCCCBr. The van der Waals surface area contributed by atoms with E-state index in [1.165, 1.54) is 69.5 Å². The molecule has 0 aromatic heterocycles. The molecule has 0 fully saturated rings.